The van der Waals surface area contributed by atoms with Crippen LogP contribution < -0.4 is 5.32 Å². The van der Waals surface area contributed by atoms with Gasteiger partial charge >= 0.3 is 0 Å². The lowest BCUT2D eigenvalue weighted by Gasteiger charge is -2.25. The number of rotatable bonds is 5. The molecule has 15 heavy (non-hydrogen) atoms. The van der Waals surface area contributed by atoms with Gasteiger partial charge in [0.05, 0.1) is 0 Å². The van der Waals surface area contributed by atoms with Gasteiger partial charge in [0.15, 0.2) is 5.17 Å². The van der Waals surface area contributed by atoms with Crippen molar-refractivity contribution in [1.82, 2.24) is 5.32 Å². The lowest BCUT2D eigenvalue weighted by molar-refractivity contribution is 0.407. The summed E-state index contributed by atoms with van der Waals surface area (Å²) < 4.78 is 0. The van der Waals surface area contributed by atoms with E-state index >= 15 is 0 Å². The first-order valence-corrected chi connectivity index (χ1v) is 7.13. The highest BCUT2D eigenvalue weighted by atomic mass is 32.2. The van der Waals surface area contributed by atoms with E-state index in [1.807, 2.05) is 11.8 Å². The van der Waals surface area contributed by atoms with Crippen molar-refractivity contribution in [2.45, 2.75) is 65.0 Å². The van der Waals surface area contributed by atoms with Crippen molar-refractivity contribution in [3.63, 3.8) is 0 Å². The highest BCUT2D eigenvalue weighted by Gasteiger charge is 2.33. The fraction of sp³-hybridized carbons (Fsp3) is 0.917. The molecule has 1 unspecified atom stereocenters. The molecule has 1 fully saturated rings. The Morgan fingerprint density at radius 2 is 2.07 bits per heavy atom. The summed E-state index contributed by atoms with van der Waals surface area (Å²) in [6, 6.07) is 0.467. The molecule has 0 aromatic heterocycles. The van der Waals surface area contributed by atoms with Gasteiger partial charge in [0.25, 0.3) is 0 Å². The Bertz CT molecular complexity index is 222. The smallest absolute Gasteiger partial charge is 0.157 e. The maximum absolute atomic E-state index is 4.73. The van der Waals surface area contributed by atoms with Gasteiger partial charge in [-0.05, 0) is 26.2 Å². The first kappa shape index (κ1) is 12.9. The molecule has 2 nitrogen and oxygen atoms in total. The Morgan fingerprint density at radius 1 is 1.40 bits per heavy atom. The zero-order valence-electron chi connectivity index (χ0n) is 10.5. The van der Waals surface area contributed by atoms with Gasteiger partial charge in [0.2, 0.25) is 0 Å². The zero-order valence-corrected chi connectivity index (χ0v) is 11.3. The molecule has 1 aliphatic heterocycles. The van der Waals surface area contributed by atoms with Crippen LogP contribution in [0, 0.1) is 0 Å². The average molecular weight is 228 g/mol. The van der Waals surface area contributed by atoms with Gasteiger partial charge in [0, 0.05) is 17.3 Å². The standard InChI is InChI=1S/C12H24N2S/c1-5-8-10(4)13-11-14-12(6-2,7-3)9-15-11/h10H,5-9H2,1-4H3,(H,13,14). The van der Waals surface area contributed by atoms with Crippen molar-refractivity contribution in [2.24, 2.45) is 4.99 Å². The van der Waals surface area contributed by atoms with E-state index < -0.39 is 0 Å². The summed E-state index contributed by atoms with van der Waals surface area (Å²) in [7, 11) is 0. The Hall–Kier alpha value is -0.180. The van der Waals surface area contributed by atoms with Crippen molar-refractivity contribution >= 4 is 16.9 Å². The molecule has 3 heteroatoms. The molecule has 0 saturated carbocycles. The van der Waals surface area contributed by atoms with Crippen LogP contribution in [0.1, 0.15) is 53.4 Å². The minimum absolute atomic E-state index is 0.315. The molecule has 0 bridgehead atoms. The van der Waals surface area contributed by atoms with E-state index in [1.54, 1.807) is 0 Å². The van der Waals surface area contributed by atoms with Crippen LogP contribution in [-0.2, 0) is 0 Å². The molecule has 0 aliphatic carbocycles. The van der Waals surface area contributed by atoms with Gasteiger partial charge in [-0.3, -0.25) is 4.99 Å². The fourth-order valence-electron chi connectivity index (χ4n) is 1.89. The maximum Gasteiger partial charge on any atom is 0.157 e. The third-order valence-electron chi connectivity index (χ3n) is 3.25. The minimum Gasteiger partial charge on any atom is -0.359 e. The predicted octanol–water partition coefficient (Wildman–Crippen LogP) is 3.43. The van der Waals surface area contributed by atoms with Crippen LogP contribution >= 0.6 is 11.8 Å². The number of hydrogen-bond donors (Lipinski definition) is 1. The van der Waals surface area contributed by atoms with Gasteiger partial charge in [-0.25, -0.2) is 0 Å². The highest BCUT2D eigenvalue weighted by Crippen LogP contribution is 2.29. The van der Waals surface area contributed by atoms with E-state index in [4.69, 9.17) is 4.99 Å². The molecule has 1 rings (SSSR count). The largest absolute Gasteiger partial charge is 0.359 e. The molecule has 0 aromatic rings. The number of nitrogens with one attached hydrogen (secondary N) is 1. The van der Waals surface area contributed by atoms with E-state index in [2.05, 4.69) is 33.0 Å². The molecule has 1 atom stereocenters. The summed E-state index contributed by atoms with van der Waals surface area (Å²) in [5.41, 5.74) is 0.315. The average Bonchev–Trinajstić information content (AvgIpc) is 2.63. The summed E-state index contributed by atoms with van der Waals surface area (Å²) in [5.74, 6) is 1.18. The Balaban J connectivity index is 2.54. The first-order valence-electron chi connectivity index (χ1n) is 6.14. The molecule has 0 amide bonds. The molecular formula is C12H24N2S. The van der Waals surface area contributed by atoms with Crippen molar-refractivity contribution in [1.29, 1.82) is 0 Å². The molecule has 88 valence electrons. The number of hydrogen-bond acceptors (Lipinski definition) is 2. The van der Waals surface area contributed by atoms with Crippen molar-refractivity contribution in [3.8, 4) is 0 Å². The second-order valence-corrected chi connectivity index (χ2v) is 5.44. The summed E-state index contributed by atoms with van der Waals surface area (Å²) >= 11 is 1.89. The Kier molecular flexibility index (Phi) is 4.97. The van der Waals surface area contributed by atoms with Crippen molar-refractivity contribution in [3.05, 3.63) is 0 Å². The molecule has 0 spiro atoms. The van der Waals surface area contributed by atoms with Crippen LogP contribution in [0.3, 0.4) is 0 Å². The number of thioether (sulfide) groups is 1. The van der Waals surface area contributed by atoms with Crippen LogP contribution in [0.2, 0.25) is 0 Å². The third-order valence-corrected chi connectivity index (χ3v) is 4.43. The molecule has 1 aliphatic rings. The van der Waals surface area contributed by atoms with E-state index in [0.29, 0.717) is 11.6 Å². The molecular weight excluding hydrogens is 204 g/mol. The topological polar surface area (TPSA) is 24.4 Å². The lowest BCUT2D eigenvalue weighted by atomic mass is 9.96. The van der Waals surface area contributed by atoms with E-state index in [1.165, 1.54) is 36.6 Å². The van der Waals surface area contributed by atoms with Crippen LogP contribution in [0.5, 0.6) is 0 Å². The number of amidine groups is 1. The van der Waals surface area contributed by atoms with E-state index in [-0.39, 0.29) is 0 Å². The zero-order chi connectivity index (χ0) is 11.3. The van der Waals surface area contributed by atoms with Gasteiger partial charge in [0.1, 0.15) is 0 Å². The lowest BCUT2D eigenvalue weighted by Crippen LogP contribution is -2.42. The van der Waals surface area contributed by atoms with Gasteiger partial charge in [-0.2, -0.15) is 0 Å². The molecule has 0 aromatic carbocycles. The van der Waals surface area contributed by atoms with Crippen LogP contribution in [0.15, 0.2) is 4.99 Å². The Morgan fingerprint density at radius 3 is 2.53 bits per heavy atom. The Labute approximate surface area is 98.3 Å². The summed E-state index contributed by atoms with van der Waals surface area (Å²) in [6.45, 7) is 8.94. The third kappa shape index (κ3) is 3.40. The second kappa shape index (κ2) is 5.78. The van der Waals surface area contributed by atoms with Gasteiger partial charge in [-0.1, -0.05) is 39.0 Å². The predicted molar refractivity (Wildman–Crippen MR) is 70.7 cm³/mol. The molecule has 1 saturated heterocycles. The SMILES string of the molecule is CCCC(C)N=C1NC(CC)(CC)CS1. The minimum atomic E-state index is 0.315. The monoisotopic (exact) mass is 228 g/mol. The fourth-order valence-corrected chi connectivity index (χ4v) is 3.33. The molecule has 1 heterocycles. The van der Waals surface area contributed by atoms with Gasteiger partial charge in [-0.15, -0.1) is 0 Å². The highest BCUT2D eigenvalue weighted by molar-refractivity contribution is 8.14. The van der Waals surface area contributed by atoms with E-state index in [9.17, 15) is 0 Å². The van der Waals surface area contributed by atoms with Crippen molar-refractivity contribution < 1.29 is 0 Å². The van der Waals surface area contributed by atoms with Crippen LogP contribution in [0.25, 0.3) is 0 Å². The summed E-state index contributed by atoms with van der Waals surface area (Å²) in [6.07, 6.45) is 4.79. The number of nitrogens with zero attached hydrogens (tertiary/aromatic N) is 1. The van der Waals surface area contributed by atoms with Crippen LogP contribution in [-0.4, -0.2) is 22.5 Å². The maximum atomic E-state index is 4.73. The molecule has 0 radical (unpaired) electrons. The summed E-state index contributed by atoms with van der Waals surface area (Å²) in [5, 5.41) is 4.77. The van der Waals surface area contributed by atoms with Crippen molar-refractivity contribution in [2.75, 3.05) is 5.75 Å². The first-order chi connectivity index (χ1) is 7.15. The normalized spacial score (nSPS) is 24.1. The molecule has 1 N–H and O–H groups in total. The van der Waals surface area contributed by atoms with Gasteiger partial charge < -0.3 is 5.32 Å². The summed E-state index contributed by atoms with van der Waals surface area (Å²) in [4.78, 5) is 4.73. The van der Waals surface area contributed by atoms with E-state index in [0.717, 1.165) is 0 Å². The second-order valence-electron chi connectivity index (χ2n) is 4.47. The van der Waals surface area contributed by atoms with Crippen LogP contribution in [0.4, 0.5) is 0 Å². The number of aliphatic imine (C=N–C) groups is 1. The quantitative estimate of drug-likeness (QED) is 0.779.